The molecular formula is C33H53N3O10. The largest absolute Gasteiger partial charge is 0.465 e. The monoisotopic (exact) mass is 651 g/mol. The van der Waals surface area contributed by atoms with Gasteiger partial charge in [-0.15, -0.1) is 0 Å². The van der Waals surface area contributed by atoms with Crippen LogP contribution in [0.2, 0.25) is 0 Å². The lowest BCUT2D eigenvalue weighted by Crippen LogP contribution is -2.36. The van der Waals surface area contributed by atoms with Crippen molar-refractivity contribution in [1.29, 1.82) is 0 Å². The Kier molecular flexibility index (Phi) is 24.4. The molecule has 260 valence electrons. The van der Waals surface area contributed by atoms with Crippen LogP contribution in [-0.2, 0) is 47.7 Å². The van der Waals surface area contributed by atoms with Crippen LogP contribution in [0.1, 0.15) is 58.3 Å². The van der Waals surface area contributed by atoms with Gasteiger partial charge in [0.25, 0.3) is 0 Å². The first-order valence-corrected chi connectivity index (χ1v) is 15.7. The van der Waals surface area contributed by atoms with Crippen molar-refractivity contribution < 1.29 is 47.7 Å². The molecule has 46 heavy (non-hydrogen) atoms. The molecule has 0 aliphatic carbocycles. The molecule has 0 aliphatic heterocycles. The molecule has 0 amide bonds. The number of likely N-dealkylation sites (N-methyl/N-ethyl adjacent to an activating group) is 1. The highest BCUT2D eigenvalue weighted by atomic mass is 16.6. The highest BCUT2D eigenvalue weighted by molar-refractivity contribution is 5.88. The number of hydrogen-bond acceptors (Lipinski definition) is 13. The van der Waals surface area contributed by atoms with Gasteiger partial charge in [0.2, 0.25) is 0 Å². The van der Waals surface area contributed by atoms with Gasteiger partial charge in [-0.05, 0) is 38.9 Å². The lowest BCUT2D eigenvalue weighted by Gasteiger charge is -2.31. The molecule has 0 fully saturated rings. The van der Waals surface area contributed by atoms with Gasteiger partial charge < -0.3 is 34.5 Å². The van der Waals surface area contributed by atoms with Crippen LogP contribution in [0, 0.1) is 5.41 Å². The number of esters is 4. The van der Waals surface area contributed by atoms with E-state index in [0.29, 0.717) is 65.0 Å². The van der Waals surface area contributed by atoms with Crippen LogP contribution in [0.5, 0.6) is 0 Å². The summed E-state index contributed by atoms with van der Waals surface area (Å²) >= 11 is 0. The van der Waals surface area contributed by atoms with Crippen molar-refractivity contribution >= 4 is 35.4 Å². The molecule has 0 rings (SSSR count). The Morgan fingerprint density at radius 1 is 0.674 bits per heavy atom. The quantitative estimate of drug-likeness (QED) is 0.0502. The van der Waals surface area contributed by atoms with Crippen molar-refractivity contribution in [3.63, 3.8) is 0 Å². The molecular weight excluding hydrogens is 598 g/mol. The van der Waals surface area contributed by atoms with E-state index >= 15 is 0 Å². The van der Waals surface area contributed by atoms with E-state index in [0.717, 1.165) is 12.2 Å². The summed E-state index contributed by atoms with van der Waals surface area (Å²) in [5.74, 6) is -1.93. The van der Waals surface area contributed by atoms with Crippen LogP contribution in [0.15, 0.2) is 38.0 Å². The molecule has 0 radical (unpaired) electrons. The minimum absolute atomic E-state index is 0.0102. The summed E-state index contributed by atoms with van der Waals surface area (Å²) in [4.78, 5) is 73.1. The molecule has 2 N–H and O–H groups in total. The normalized spacial score (nSPS) is 12.0. The third-order valence-electron chi connectivity index (χ3n) is 7.13. The lowest BCUT2D eigenvalue weighted by atomic mass is 9.81. The first-order chi connectivity index (χ1) is 22.0. The average molecular weight is 652 g/mol. The van der Waals surface area contributed by atoms with Crippen molar-refractivity contribution in [3.05, 3.63) is 38.0 Å². The molecule has 0 saturated carbocycles. The summed E-state index contributed by atoms with van der Waals surface area (Å²) < 4.78 is 21.0. The molecule has 0 spiro atoms. The maximum atomic E-state index is 12.7. The predicted molar refractivity (Wildman–Crippen MR) is 173 cm³/mol. The fourth-order valence-corrected chi connectivity index (χ4v) is 3.90. The van der Waals surface area contributed by atoms with Gasteiger partial charge in [0.15, 0.2) is 5.78 Å². The zero-order chi connectivity index (χ0) is 34.6. The highest BCUT2D eigenvalue weighted by Gasteiger charge is 2.32. The van der Waals surface area contributed by atoms with Crippen LogP contribution in [0.3, 0.4) is 0 Å². The SMILES string of the molecule is C=CC(=O)CCCNCCC(=O)OCC(CC)(CCC(=O)CCNCCOC(=O)C=C)COC(=O)CCN(C)CCOC(=O)C=C. The number of rotatable bonds is 30. The zero-order valence-electron chi connectivity index (χ0n) is 27.6. The van der Waals surface area contributed by atoms with Gasteiger partial charge in [-0.3, -0.25) is 19.2 Å². The first kappa shape index (κ1) is 42.3. The van der Waals surface area contributed by atoms with Gasteiger partial charge in [0, 0.05) is 69.6 Å². The maximum absolute atomic E-state index is 12.7. The molecule has 0 bridgehead atoms. The molecule has 1 unspecified atom stereocenters. The van der Waals surface area contributed by atoms with E-state index in [1.807, 2.05) is 11.8 Å². The number of allylic oxidation sites excluding steroid dienone is 1. The number of Topliss-reactive ketones (excluding diaryl/α,β-unsaturated/α-hetero) is 1. The number of nitrogens with one attached hydrogen (secondary N) is 2. The van der Waals surface area contributed by atoms with Crippen molar-refractivity contribution in [2.24, 2.45) is 5.41 Å². The first-order valence-electron chi connectivity index (χ1n) is 15.7. The van der Waals surface area contributed by atoms with E-state index in [9.17, 15) is 28.8 Å². The Labute approximate surface area is 273 Å². The number of nitrogens with zero attached hydrogens (tertiary/aromatic N) is 1. The van der Waals surface area contributed by atoms with Crippen LogP contribution in [-0.4, -0.2) is 113 Å². The molecule has 0 saturated heterocycles. The van der Waals surface area contributed by atoms with Gasteiger partial charge in [-0.25, -0.2) is 9.59 Å². The van der Waals surface area contributed by atoms with Crippen molar-refractivity contribution in [2.45, 2.75) is 58.3 Å². The Morgan fingerprint density at radius 2 is 1.26 bits per heavy atom. The Hall–Kier alpha value is -3.68. The van der Waals surface area contributed by atoms with E-state index in [1.165, 1.54) is 6.08 Å². The number of ether oxygens (including phenoxy) is 4. The van der Waals surface area contributed by atoms with Crippen LogP contribution in [0.25, 0.3) is 0 Å². The van der Waals surface area contributed by atoms with Crippen LogP contribution in [0.4, 0.5) is 0 Å². The third-order valence-corrected chi connectivity index (χ3v) is 7.13. The van der Waals surface area contributed by atoms with Crippen molar-refractivity contribution in [3.8, 4) is 0 Å². The average Bonchev–Trinajstić information content (AvgIpc) is 3.06. The van der Waals surface area contributed by atoms with E-state index in [-0.39, 0.29) is 63.7 Å². The molecule has 13 heteroatoms. The van der Waals surface area contributed by atoms with Crippen molar-refractivity contribution in [2.75, 3.05) is 72.7 Å². The summed E-state index contributed by atoms with van der Waals surface area (Å²) in [6, 6.07) is 0. The minimum Gasteiger partial charge on any atom is -0.465 e. The summed E-state index contributed by atoms with van der Waals surface area (Å²) in [5, 5.41) is 6.14. The Morgan fingerprint density at radius 3 is 1.87 bits per heavy atom. The summed E-state index contributed by atoms with van der Waals surface area (Å²) in [6.07, 6.45) is 6.00. The Balaban J connectivity index is 4.92. The van der Waals surface area contributed by atoms with E-state index < -0.39 is 29.3 Å². The molecule has 13 nitrogen and oxygen atoms in total. The number of carbonyl (C=O) groups is 6. The second-order valence-corrected chi connectivity index (χ2v) is 10.8. The summed E-state index contributed by atoms with van der Waals surface area (Å²) in [6.45, 7) is 14.9. The van der Waals surface area contributed by atoms with Gasteiger partial charge in [0.1, 0.15) is 32.2 Å². The smallest absolute Gasteiger partial charge is 0.330 e. The standard InChI is InChI=1S/C33H53N3O10/c1-6-27(37)11-10-17-34-19-14-31(41)45-25-33(9-4,16-12-28(38)13-18-35-20-23-43-29(39)7-2)26-46-32(42)15-21-36(5)22-24-44-30(40)8-3/h6-8,34-35H,1-3,9-26H2,4-5H3. The molecule has 1 atom stereocenters. The van der Waals surface area contributed by atoms with Crippen LogP contribution >= 0.6 is 0 Å². The minimum atomic E-state index is -0.753. The topological polar surface area (TPSA) is 167 Å². The molecule has 0 aliphatic rings. The molecule has 0 aromatic heterocycles. The van der Waals surface area contributed by atoms with E-state index in [4.69, 9.17) is 18.9 Å². The summed E-state index contributed by atoms with van der Waals surface area (Å²) in [7, 11) is 1.79. The highest BCUT2D eigenvalue weighted by Crippen LogP contribution is 2.30. The maximum Gasteiger partial charge on any atom is 0.330 e. The number of hydrogen-bond donors (Lipinski definition) is 2. The van der Waals surface area contributed by atoms with Crippen LogP contribution < -0.4 is 10.6 Å². The number of ketones is 2. The van der Waals surface area contributed by atoms with Gasteiger partial charge in [-0.1, -0.05) is 26.7 Å². The second-order valence-electron chi connectivity index (χ2n) is 10.8. The van der Waals surface area contributed by atoms with Gasteiger partial charge >= 0.3 is 23.9 Å². The van der Waals surface area contributed by atoms with Crippen molar-refractivity contribution in [1.82, 2.24) is 15.5 Å². The second kappa shape index (κ2) is 26.5. The molecule has 0 aromatic rings. The van der Waals surface area contributed by atoms with E-state index in [2.05, 4.69) is 30.4 Å². The van der Waals surface area contributed by atoms with Gasteiger partial charge in [0.05, 0.1) is 12.8 Å². The molecule has 0 heterocycles. The van der Waals surface area contributed by atoms with E-state index in [1.54, 1.807) is 7.05 Å². The fourth-order valence-electron chi connectivity index (χ4n) is 3.90. The number of carbonyl (C=O) groups excluding carboxylic acids is 6. The molecule has 0 aromatic carbocycles. The zero-order valence-corrected chi connectivity index (χ0v) is 27.6. The van der Waals surface area contributed by atoms with Gasteiger partial charge in [-0.2, -0.15) is 0 Å². The lowest BCUT2D eigenvalue weighted by molar-refractivity contribution is -0.155. The third kappa shape index (κ3) is 22.8. The Bertz CT molecular complexity index is 950. The fraction of sp³-hybridized carbons (Fsp3) is 0.636. The summed E-state index contributed by atoms with van der Waals surface area (Å²) in [5.41, 5.74) is -0.753. The predicted octanol–water partition coefficient (Wildman–Crippen LogP) is 2.09.